The van der Waals surface area contributed by atoms with E-state index in [2.05, 4.69) is 10.2 Å². The maximum Gasteiger partial charge on any atom is 0.259 e. The third-order valence-electron chi connectivity index (χ3n) is 5.61. The normalized spacial score (nSPS) is 16.8. The maximum atomic E-state index is 13.1. The molecule has 2 aliphatic rings. The lowest BCUT2D eigenvalue weighted by Crippen LogP contribution is -2.29. The van der Waals surface area contributed by atoms with E-state index in [9.17, 15) is 13.2 Å². The van der Waals surface area contributed by atoms with Gasteiger partial charge in [-0.1, -0.05) is 18.9 Å². The van der Waals surface area contributed by atoms with Gasteiger partial charge < -0.3 is 15.0 Å². The molecule has 2 aliphatic heterocycles. The summed E-state index contributed by atoms with van der Waals surface area (Å²) in [6.07, 6.45) is 4.26. The molecule has 1 amide bonds. The van der Waals surface area contributed by atoms with Gasteiger partial charge in [-0.05, 0) is 43.5 Å². The van der Waals surface area contributed by atoms with Crippen LogP contribution in [0.25, 0.3) is 0 Å². The Hall–Kier alpha value is -2.58. The van der Waals surface area contributed by atoms with Crippen LogP contribution in [0, 0.1) is 6.92 Å². The van der Waals surface area contributed by atoms with Gasteiger partial charge in [-0.3, -0.25) is 4.79 Å². The van der Waals surface area contributed by atoms with Crippen molar-refractivity contribution in [3.8, 4) is 11.5 Å². The minimum Gasteiger partial charge on any atom is -0.454 e. The lowest BCUT2D eigenvalue weighted by Gasteiger charge is -2.27. The van der Waals surface area contributed by atoms with Crippen LogP contribution in [0.3, 0.4) is 0 Å². The van der Waals surface area contributed by atoms with Crippen LogP contribution in [0.15, 0.2) is 35.2 Å². The Labute approximate surface area is 177 Å². The summed E-state index contributed by atoms with van der Waals surface area (Å²) in [5.41, 5.74) is 2.37. The first-order valence-corrected chi connectivity index (χ1v) is 11.7. The molecule has 0 spiro atoms. The van der Waals surface area contributed by atoms with Crippen molar-refractivity contribution in [2.45, 2.75) is 37.5 Å². The van der Waals surface area contributed by atoms with Crippen LogP contribution in [0.2, 0.25) is 0 Å². The van der Waals surface area contributed by atoms with Gasteiger partial charge in [-0.15, -0.1) is 0 Å². The summed E-state index contributed by atoms with van der Waals surface area (Å²) >= 11 is 0. The van der Waals surface area contributed by atoms with Gasteiger partial charge in [0.05, 0.1) is 16.9 Å². The molecule has 0 radical (unpaired) electrons. The first-order valence-electron chi connectivity index (χ1n) is 10.2. The summed E-state index contributed by atoms with van der Waals surface area (Å²) in [4.78, 5) is 15.2. The SMILES string of the molecule is Cc1ccc2c(c1)NC(=O)c1cc(S(=O)(=O)N(C)C)c(N3CCCCCC3)cc1O2. The molecule has 4 rings (SSSR count). The van der Waals surface area contributed by atoms with Gasteiger partial charge >= 0.3 is 0 Å². The highest BCUT2D eigenvalue weighted by Crippen LogP contribution is 2.41. The summed E-state index contributed by atoms with van der Waals surface area (Å²) in [6, 6.07) is 8.74. The molecule has 0 aliphatic carbocycles. The van der Waals surface area contributed by atoms with Gasteiger partial charge in [0.1, 0.15) is 10.6 Å². The maximum absolute atomic E-state index is 13.1. The second-order valence-electron chi connectivity index (χ2n) is 8.06. The molecule has 7 nitrogen and oxygen atoms in total. The fourth-order valence-electron chi connectivity index (χ4n) is 3.91. The summed E-state index contributed by atoms with van der Waals surface area (Å²) in [7, 11) is -0.751. The van der Waals surface area contributed by atoms with Gasteiger partial charge in [0.15, 0.2) is 5.75 Å². The van der Waals surface area contributed by atoms with Crippen LogP contribution in [-0.2, 0) is 10.0 Å². The van der Waals surface area contributed by atoms with Crippen LogP contribution >= 0.6 is 0 Å². The average molecular weight is 430 g/mol. The van der Waals surface area contributed by atoms with E-state index in [0.29, 0.717) is 22.9 Å². The van der Waals surface area contributed by atoms with Crippen molar-refractivity contribution in [3.05, 3.63) is 41.5 Å². The quantitative estimate of drug-likeness (QED) is 0.798. The molecule has 0 atom stereocenters. The number of nitrogens with one attached hydrogen (secondary N) is 1. The Balaban J connectivity index is 1.90. The monoisotopic (exact) mass is 429 g/mol. The number of rotatable bonds is 3. The first kappa shape index (κ1) is 20.7. The first-order chi connectivity index (χ1) is 14.3. The van der Waals surface area contributed by atoms with Crippen LogP contribution in [0.5, 0.6) is 11.5 Å². The van der Waals surface area contributed by atoms with E-state index in [1.165, 1.54) is 24.5 Å². The van der Waals surface area contributed by atoms with Crippen molar-refractivity contribution in [3.63, 3.8) is 0 Å². The van der Waals surface area contributed by atoms with E-state index in [1.54, 1.807) is 6.07 Å². The summed E-state index contributed by atoms with van der Waals surface area (Å²) < 4.78 is 33.6. The zero-order valence-electron chi connectivity index (χ0n) is 17.6. The molecule has 1 saturated heterocycles. The van der Waals surface area contributed by atoms with E-state index < -0.39 is 10.0 Å². The van der Waals surface area contributed by atoms with Gasteiger partial charge in [-0.2, -0.15) is 0 Å². The Morgan fingerprint density at radius 2 is 1.70 bits per heavy atom. The minimum absolute atomic E-state index is 0.133. The van der Waals surface area contributed by atoms with Crippen molar-refractivity contribution < 1.29 is 17.9 Å². The van der Waals surface area contributed by atoms with Gasteiger partial charge in [0.25, 0.3) is 5.91 Å². The molecule has 2 aromatic carbocycles. The van der Waals surface area contributed by atoms with Gasteiger partial charge in [0.2, 0.25) is 10.0 Å². The number of hydrogen-bond acceptors (Lipinski definition) is 5. The molecule has 1 N–H and O–H groups in total. The number of carbonyl (C=O) groups excluding carboxylic acids is 1. The third kappa shape index (κ3) is 3.77. The number of nitrogens with zero attached hydrogens (tertiary/aromatic N) is 2. The number of carbonyl (C=O) groups is 1. The van der Waals surface area contributed by atoms with Crippen molar-refractivity contribution in [2.24, 2.45) is 0 Å². The van der Waals surface area contributed by atoms with Crippen molar-refractivity contribution in [1.82, 2.24) is 4.31 Å². The predicted molar refractivity (Wildman–Crippen MR) is 117 cm³/mol. The summed E-state index contributed by atoms with van der Waals surface area (Å²) in [5.74, 6) is 0.525. The highest BCUT2D eigenvalue weighted by atomic mass is 32.2. The lowest BCUT2D eigenvalue weighted by atomic mass is 10.1. The van der Waals surface area contributed by atoms with E-state index in [-0.39, 0.29) is 16.4 Å². The zero-order chi connectivity index (χ0) is 21.5. The van der Waals surface area contributed by atoms with Gasteiger partial charge in [-0.25, -0.2) is 12.7 Å². The predicted octanol–water partition coefficient (Wildman–Crippen LogP) is 3.98. The molecule has 2 aromatic rings. The van der Waals surface area contributed by atoms with E-state index >= 15 is 0 Å². The minimum atomic E-state index is -3.76. The molecule has 8 heteroatoms. The van der Waals surface area contributed by atoms with Gasteiger partial charge in [0, 0.05) is 33.3 Å². The molecule has 2 heterocycles. The summed E-state index contributed by atoms with van der Waals surface area (Å²) in [6.45, 7) is 3.48. The molecule has 30 heavy (non-hydrogen) atoms. The third-order valence-corrected chi connectivity index (χ3v) is 7.46. The Morgan fingerprint density at radius 3 is 2.37 bits per heavy atom. The Morgan fingerprint density at radius 1 is 1.00 bits per heavy atom. The Bertz CT molecular complexity index is 1090. The van der Waals surface area contributed by atoms with Crippen LogP contribution < -0.4 is 15.0 Å². The fourth-order valence-corrected chi connectivity index (χ4v) is 5.02. The van der Waals surface area contributed by atoms with E-state index in [1.807, 2.05) is 25.1 Å². The lowest BCUT2D eigenvalue weighted by molar-refractivity contribution is 0.102. The average Bonchev–Trinajstić information content (AvgIpc) is 3.04. The number of sulfonamides is 1. The number of fused-ring (bicyclic) bond motifs is 2. The topological polar surface area (TPSA) is 79.0 Å². The second kappa shape index (κ2) is 7.92. The largest absolute Gasteiger partial charge is 0.454 e. The molecule has 0 unspecified atom stereocenters. The molecule has 1 fully saturated rings. The van der Waals surface area contributed by atoms with Crippen molar-refractivity contribution >= 4 is 27.3 Å². The van der Waals surface area contributed by atoms with Crippen molar-refractivity contribution in [2.75, 3.05) is 37.4 Å². The number of aryl methyl sites for hydroxylation is 1. The number of hydrogen-bond donors (Lipinski definition) is 1. The number of benzene rings is 2. The standard InChI is InChI=1S/C22H27N3O4S/c1-15-8-9-19-17(12-15)23-22(26)16-13-21(30(27,28)24(2)3)18(14-20(16)29-19)25-10-6-4-5-7-11-25/h8-9,12-14H,4-7,10-11H2,1-3H3,(H,23,26). The van der Waals surface area contributed by atoms with E-state index in [4.69, 9.17) is 4.74 Å². The molecule has 0 bridgehead atoms. The summed E-state index contributed by atoms with van der Waals surface area (Å²) in [5, 5.41) is 2.85. The Kier molecular flexibility index (Phi) is 5.46. The highest BCUT2D eigenvalue weighted by Gasteiger charge is 2.30. The number of amides is 1. The molecular weight excluding hydrogens is 402 g/mol. The number of anilines is 2. The molecule has 160 valence electrons. The fraction of sp³-hybridized carbons (Fsp3) is 0.409. The smallest absolute Gasteiger partial charge is 0.259 e. The van der Waals surface area contributed by atoms with Crippen LogP contribution in [0.4, 0.5) is 11.4 Å². The van der Waals surface area contributed by atoms with E-state index in [0.717, 1.165) is 44.3 Å². The second-order valence-corrected chi connectivity index (χ2v) is 10.2. The molecule has 0 saturated carbocycles. The zero-order valence-corrected chi connectivity index (χ0v) is 18.4. The van der Waals surface area contributed by atoms with Crippen LogP contribution in [0.1, 0.15) is 41.6 Å². The molecule has 0 aromatic heterocycles. The highest BCUT2D eigenvalue weighted by molar-refractivity contribution is 7.89. The number of ether oxygens (including phenoxy) is 1. The van der Waals surface area contributed by atoms with Crippen molar-refractivity contribution in [1.29, 1.82) is 0 Å². The molecular formula is C22H27N3O4S. The van der Waals surface area contributed by atoms with Crippen LogP contribution in [-0.4, -0.2) is 45.8 Å².